The second-order valence-electron chi connectivity index (χ2n) is 3.53. The third-order valence-corrected chi connectivity index (χ3v) is 3.71. The molecule has 15 heavy (non-hydrogen) atoms. The minimum Gasteiger partial charge on any atom is -0.475 e. The van der Waals surface area contributed by atoms with Crippen molar-refractivity contribution < 1.29 is 14.3 Å². The van der Waals surface area contributed by atoms with Gasteiger partial charge in [-0.3, -0.25) is 0 Å². The minimum atomic E-state index is -1.00. The summed E-state index contributed by atoms with van der Waals surface area (Å²) in [7, 11) is 0. The summed E-state index contributed by atoms with van der Waals surface area (Å²) in [5.74, 6) is 0.561. The lowest BCUT2D eigenvalue weighted by molar-refractivity contribution is 0.0661. The molecule has 1 aromatic heterocycles. The summed E-state index contributed by atoms with van der Waals surface area (Å²) in [5.41, 5.74) is 0.984. The summed E-state index contributed by atoms with van der Waals surface area (Å²) >= 11 is 1.82. The van der Waals surface area contributed by atoms with E-state index in [0.29, 0.717) is 11.0 Å². The Labute approximate surface area is 93.9 Å². The molecule has 0 spiro atoms. The molecule has 0 aliphatic rings. The van der Waals surface area contributed by atoms with E-state index in [-0.39, 0.29) is 5.76 Å². The second kappa shape index (κ2) is 5.26. The first-order chi connectivity index (χ1) is 7.04. The number of hydrogen-bond donors (Lipinski definition) is 1. The molecule has 3 nitrogen and oxygen atoms in total. The highest BCUT2D eigenvalue weighted by Crippen LogP contribution is 2.24. The molecule has 0 fully saturated rings. The topological polar surface area (TPSA) is 50.4 Å². The van der Waals surface area contributed by atoms with E-state index >= 15 is 0 Å². The predicted octanol–water partition coefficient (Wildman–Crippen LogP) is 3.32. The molecule has 1 heterocycles. The summed E-state index contributed by atoms with van der Waals surface area (Å²) in [6, 6.07) is 1.62. The van der Waals surface area contributed by atoms with Crippen molar-refractivity contribution in [3.05, 3.63) is 23.2 Å². The monoisotopic (exact) mass is 228 g/mol. The Hall–Kier alpha value is -0.900. The van der Waals surface area contributed by atoms with Crippen molar-refractivity contribution in [2.45, 2.75) is 38.2 Å². The third kappa shape index (κ3) is 3.30. The van der Waals surface area contributed by atoms with Crippen LogP contribution >= 0.6 is 11.8 Å². The third-order valence-electron chi connectivity index (χ3n) is 2.33. The fraction of sp³-hybridized carbons (Fsp3) is 0.545. The van der Waals surface area contributed by atoms with Gasteiger partial charge in [-0.1, -0.05) is 13.8 Å². The zero-order valence-corrected chi connectivity index (χ0v) is 10.1. The van der Waals surface area contributed by atoms with Crippen LogP contribution in [0.15, 0.2) is 10.5 Å². The number of carboxylic acids is 1. The molecule has 1 N–H and O–H groups in total. The first kappa shape index (κ1) is 12.2. The summed E-state index contributed by atoms with van der Waals surface area (Å²) in [6.07, 6.45) is 1.12. The van der Waals surface area contributed by atoms with Crippen LogP contribution in [0.2, 0.25) is 0 Å². The maximum absolute atomic E-state index is 10.7. The molecule has 1 unspecified atom stereocenters. The van der Waals surface area contributed by atoms with E-state index in [2.05, 4.69) is 13.8 Å². The summed E-state index contributed by atoms with van der Waals surface area (Å²) < 4.78 is 5.13. The molecular formula is C11H16O3S. The largest absolute Gasteiger partial charge is 0.475 e. The van der Waals surface area contributed by atoms with E-state index in [1.165, 1.54) is 0 Å². The number of hydrogen-bond acceptors (Lipinski definition) is 3. The second-order valence-corrected chi connectivity index (χ2v) is 4.95. The Balaban J connectivity index is 2.65. The minimum absolute atomic E-state index is 0.0345. The van der Waals surface area contributed by atoms with Crippen molar-refractivity contribution >= 4 is 17.7 Å². The molecule has 4 heteroatoms. The summed E-state index contributed by atoms with van der Waals surface area (Å²) in [4.78, 5) is 10.7. The van der Waals surface area contributed by atoms with Crippen LogP contribution in [0.4, 0.5) is 0 Å². The lowest BCUT2D eigenvalue weighted by Gasteiger charge is -2.06. The molecule has 0 radical (unpaired) electrons. The van der Waals surface area contributed by atoms with E-state index < -0.39 is 5.97 Å². The van der Waals surface area contributed by atoms with Gasteiger partial charge < -0.3 is 9.52 Å². The molecule has 0 saturated carbocycles. The number of carbonyl (C=O) groups is 1. The van der Waals surface area contributed by atoms with E-state index in [9.17, 15) is 4.79 Å². The van der Waals surface area contributed by atoms with E-state index in [1.807, 2.05) is 11.8 Å². The molecule has 1 aromatic rings. The fourth-order valence-electron chi connectivity index (χ4n) is 1.12. The molecule has 84 valence electrons. The zero-order chi connectivity index (χ0) is 11.4. The lowest BCUT2D eigenvalue weighted by Crippen LogP contribution is -1.94. The molecule has 0 bridgehead atoms. The van der Waals surface area contributed by atoms with Crippen LogP contribution in [-0.2, 0) is 5.75 Å². The number of rotatable bonds is 5. The molecule has 0 aliphatic carbocycles. The highest BCUT2D eigenvalue weighted by Gasteiger charge is 2.13. The fourth-order valence-corrected chi connectivity index (χ4v) is 2.10. The molecule has 0 aliphatic heterocycles. The van der Waals surface area contributed by atoms with Gasteiger partial charge in [0.25, 0.3) is 0 Å². The SMILES string of the molecule is CCC(C)SCc1cc(C(=O)O)oc1C. The van der Waals surface area contributed by atoms with Crippen LogP contribution in [0, 0.1) is 6.92 Å². The average Bonchev–Trinajstić information content (AvgIpc) is 2.56. The van der Waals surface area contributed by atoms with E-state index in [4.69, 9.17) is 9.52 Å². The first-order valence-electron chi connectivity index (χ1n) is 4.98. The average molecular weight is 228 g/mol. The number of aromatic carboxylic acids is 1. The normalized spacial score (nSPS) is 12.7. The molecule has 0 aromatic carbocycles. The van der Waals surface area contributed by atoms with Gasteiger partial charge in [0.2, 0.25) is 5.76 Å². The van der Waals surface area contributed by atoms with Gasteiger partial charge in [0, 0.05) is 16.6 Å². The van der Waals surface area contributed by atoms with Crippen LogP contribution < -0.4 is 0 Å². The summed E-state index contributed by atoms with van der Waals surface area (Å²) in [5, 5.41) is 9.34. The molecule has 1 rings (SSSR count). The summed E-state index contributed by atoms with van der Waals surface area (Å²) in [6.45, 7) is 6.11. The van der Waals surface area contributed by atoms with Crippen molar-refractivity contribution in [2.75, 3.05) is 0 Å². The molecule has 0 amide bonds. The van der Waals surface area contributed by atoms with Gasteiger partial charge in [-0.25, -0.2) is 4.79 Å². The van der Waals surface area contributed by atoms with Crippen LogP contribution in [0.5, 0.6) is 0 Å². The lowest BCUT2D eigenvalue weighted by atomic mass is 10.3. The van der Waals surface area contributed by atoms with Crippen molar-refractivity contribution in [3.63, 3.8) is 0 Å². The van der Waals surface area contributed by atoms with Gasteiger partial charge in [0.15, 0.2) is 0 Å². The molecule has 1 atom stereocenters. The molecular weight excluding hydrogens is 212 g/mol. The maximum Gasteiger partial charge on any atom is 0.371 e. The van der Waals surface area contributed by atoms with E-state index in [0.717, 1.165) is 17.7 Å². The van der Waals surface area contributed by atoms with E-state index in [1.54, 1.807) is 13.0 Å². The van der Waals surface area contributed by atoms with Gasteiger partial charge in [-0.2, -0.15) is 11.8 Å². The van der Waals surface area contributed by atoms with Gasteiger partial charge in [-0.05, 0) is 19.4 Å². The number of aryl methyl sites for hydroxylation is 1. The predicted molar refractivity (Wildman–Crippen MR) is 61.5 cm³/mol. The highest BCUT2D eigenvalue weighted by atomic mass is 32.2. The van der Waals surface area contributed by atoms with Crippen LogP contribution in [0.25, 0.3) is 0 Å². The van der Waals surface area contributed by atoms with Crippen molar-refractivity contribution in [1.29, 1.82) is 0 Å². The van der Waals surface area contributed by atoms with Crippen LogP contribution in [0.3, 0.4) is 0 Å². The Bertz CT molecular complexity index is 344. The van der Waals surface area contributed by atoms with Gasteiger partial charge >= 0.3 is 5.97 Å². The highest BCUT2D eigenvalue weighted by molar-refractivity contribution is 7.99. The Kier molecular flexibility index (Phi) is 4.27. The van der Waals surface area contributed by atoms with Crippen molar-refractivity contribution in [1.82, 2.24) is 0 Å². The first-order valence-corrected chi connectivity index (χ1v) is 6.03. The zero-order valence-electron chi connectivity index (χ0n) is 9.24. The van der Waals surface area contributed by atoms with Crippen molar-refractivity contribution in [2.24, 2.45) is 0 Å². The van der Waals surface area contributed by atoms with Gasteiger partial charge in [0.1, 0.15) is 5.76 Å². The Morgan fingerprint density at radius 2 is 2.33 bits per heavy atom. The quantitative estimate of drug-likeness (QED) is 0.840. The van der Waals surface area contributed by atoms with Crippen LogP contribution in [0.1, 0.15) is 42.1 Å². The number of furan rings is 1. The smallest absolute Gasteiger partial charge is 0.371 e. The van der Waals surface area contributed by atoms with Gasteiger partial charge in [0.05, 0.1) is 0 Å². The maximum atomic E-state index is 10.7. The standard InChI is InChI=1S/C11H16O3S/c1-4-7(2)15-6-9-5-10(11(12)13)14-8(9)3/h5,7H,4,6H2,1-3H3,(H,12,13). The van der Waals surface area contributed by atoms with Gasteiger partial charge in [-0.15, -0.1) is 0 Å². The number of carboxylic acid groups (broad SMARTS) is 1. The Morgan fingerprint density at radius 1 is 1.67 bits per heavy atom. The Morgan fingerprint density at radius 3 is 2.80 bits per heavy atom. The van der Waals surface area contributed by atoms with Crippen LogP contribution in [-0.4, -0.2) is 16.3 Å². The number of thioether (sulfide) groups is 1. The van der Waals surface area contributed by atoms with Crippen molar-refractivity contribution in [3.8, 4) is 0 Å². The molecule has 0 saturated heterocycles.